The fraction of sp³-hybridized carbons (Fsp3) is 0.154. The number of carbonyl (C=O) groups is 1. The molecule has 1 aromatic rings. The van der Waals surface area contributed by atoms with Gasteiger partial charge in [0.1, 0.15) is 6.61 Å². The summed E-state index contributed by atoms with van der Waals surface area (Å²) in [5.41, 5.74) is 1.10. The maximum atomic E-state index is 11.0. The molecule has 0 heterocycles. The van der Waals surface area contributed by atoms with E-state index in [9.17, 15) is 4.79 Å². The molecule has 1 rings (SSSR count). The zero-order chi connectivity index (χ0) is 11.6. The van der Waals surface area contributed by atoms with Gasteiger partial charge >= 0.3 is 6.09 Å². The van der Waals surface area contributed by atoms with Crippen LogP contribution in [0.4, 0.5) is 4.79 Å². The van der Waals surface area contributed by atoms with E-state index in [0.717, 1.165) is 5.56 Å². The van der Waals surface area contributed by atoms with E-state index in [0.29, 0.717) is 6.54 Å². The molecule has 16 heavy (non-hydrogen) atoms. The summed E-state index contributed by atoms with van der Waals surface area (Å²) < 4.78 is 4.74. The first-order valence-corrected chi connectivity index (χ1v) is 5.06. The zero-order valence-corrected chi connectivity index (χ0v) is 9.06. The molecule has 0 fully saturated rings. The van der Waals surface area contributed by atoms with Gasteiger partial charge in [-0.3, -0.25) is 0 Å². The molecular formula is C13H15NO2. The largest absolute Gasteiger partial charge is 0.445 e. The van der Waals surface area contributed by atoms with Gasteiger partial charge in [0.25, 0.3) is 0 Å². The summed E-state index contributed by atoms with van der Waals surface area (Å²) >= 11 is 0. The van der Waals surface area contributed by atoms with Gasteiger partial charge in [0.2, 0.25) is 0 Å². The number of hydrogen-bond donors (Lipinski definition) is 1. The van der Waals surface area contributed by atoms with Crippen LogP contribution in [0.1, 0.15) is 5.56 Å². The summed E-state index contributed by atoms with van der Waals surface area (Å²) in [7, 11) is 0. The van der Waals surface area contributed by atoms with Crippen LogP contribution in [0.25, 0.3) is 6.08 Å². The molecule has 0 aliphatic rings. The quantitative estimate of drug-likeness (QED) is 0.770. The van der Waals surface area contributed by atoms with Gasteiger partial charge in [-0.15, -0.1) is 0 Å². The summed E-state index contributed by atoms with van der Waals surface area (Å²) in [5.74, 6) is 0. The van der Waals surface area contributed by atoms with Crippen molar-refractivity contribution in [2.24, 2.45) is 0 Å². The Morgan fingerprint density at radius 1 is 1.38 bits per heavy atom. The molecule has 0 aliphatic carbocycles. The Bertz CT molecular complexity index is 357. The SMILES string of the molecule is C=CCOC(=O)NCC=Cc1ccccc1. The molecule has 0 saturated carbocycles. The van der Waals surface area contributed by atoms with E-state index in [2.05, 4.69) is 11.9 Å². The van der Waals surface area contributed by atoms with Crippen LogP contribution in [0.3, 0.4) is 0 Å². The second kappa shape index (κ2) is 7.29. The average Bonchev–Trinajstić information content (AvgIpc) is 2.33. The highest BCUT2D eigenvalue weighted by molar-refractivity contribution is 5.67. The molecule has 0 bridgehead atoms. The molecule has 0 spiro atoms. The third kappa shape index (κ3) is 5.00. The maximum absolute atomic E-state index is 11.0. The van der Waals surface area contributed by atoms with Crippen LogP contribution >= 0.6 is 0 Å². The molecule has 1 N–H and O–H groups in total. The summed E-state index contributed by atoms with van der Waals surface area (Å²) in [5, 5.41) is 2.59. The first-order chi connectivity index (χ1) is 7.83. The van der Waals surface area contributed by atoms with Gasteiger partial charge < -0.3 is 10.1 Å². The number of amides is 1. The lowest BCUT2D eigenvalue weighted by Gasteiger charge is -2.01. The molecule has 3 nitrogen and oxygen atoms in total. The molecule has 0 unspecified atom stereocenters. The predicted molar refractivity (Wildman–Crippen MR) is 65.0 cm³/mol. The molecule has 0 aromatic heterocycles. The van der Waals surface area contributed by atoms with Crippen LogP contribution in [0.2, 0.25) is 0 Å². The summed E-state index contributed by atoms with van der Waals surface area (Å²) in [6, 6.07) is 9.87. The van der Waals surface area contributed by atoms with Gasteiger partial charge in [-0.2, -0.15) is 0 Å². The molecule has 0 aliphatic heterocycles. The van der Waals surface area contributed by atoms with Gasteiger partial charge in [-0.1, -0.05) is 55.1 Å². The molecule has 3 heteroatoms. The smallest absolute Gasteiger partial charge is 0.407 e. The standard InChI is InChI=1S/C13H15NO2/c1-2-11-16-13(15)14-10-6-9-12-7-4-3-5-8-12/h2-9H,1,10-11H2,(H,14,15). The van der Waals surface area contributed by atoms with Gasteiger partial charge in [0, 0.05) is 6.54 Å². The third-order valence-corrected chi connectivity index (χ3v) is 1.81. The topological polar surface area (TPSA) is 38.3 Å². The molecule has 1 aromatic carbocycles. The van der Waals surface area contributed by atoms with E-state index in [1.54, 1.807) is 0 Å². The highest BCUT2D eigenvalue weighted by Gasteiger charge is 1.95. The predicted octanol–water partition coefficient (Wildman–Crippen LogP) is 2.61. The first-order valence-electron chi connectivity index (χ1n) is 5.06. The van der Waals surface area contributed by atoms with E-state index >= 15 is 0 Å². The van der Waals surface area contributed by atoms with E-state index < -0.39 is 6.09 Å². The number of alkyl carbamates (subject to hydrolysis) is 1. The van der Waals surface area contributed by atoms with Crippen molar-refractivity contribution in [1.29, 1.82) is 0 Å². The molecule has 0 atom stereocenters. The van der Waals surface area contributed by atoms with Crippen LogP contribution in [-0.4, -0.2) is 19.2 Å². The van der Waals surface area contributed by atoms with Crippen LogP contribution < -0.4 is 5.32 Å². The number of carbonyl (C=O) groups excluding carboxylic acids is 1. The van der Waals surface area contributed by atoms with Crippen molar-refractivity contribution in [2.45, 2.75) is 0 Å². The summed E-state index contributed by atoms with van der Waals surface area (Å²) in [6.45, 7) is 4.13. The maximum Gasteiger partial charge on any atom is 0.407 e. The van der Waals surface area contributed by atoms with Gasteiger partial charge in [-0.25, -0.2) is 4.79 Å². The Hall–Kier alpha value is -2.03. The Balaban J connectivity index is 2.22. The highest BCUT2D eigenvalue weighted by atomic mass is 16.5. The minimum atomic E-state index is -0.433. The van der Waals surface area contributed by atoms with Gasteiger partial charge in [0.05, 0.1) is 0 Å². The summed E-state index contributed by atoms with van der Waals surface area (Å²) in [4.78, 5) is 11.0. The monoisotopic (exact) mass is 217 g/mol. The van der Waals surface area contributed by atoms with Crippen molar-refractivity contribution in [1.82, 2.24) is 5.32 Å². The van der Waals surface area contributed by atoms with Crippen LogP contribution in [0.5, 0.6) is 0 Å². The number of ether oxygens (including phenoxy) is 1. The molecule has 84 valence electrons. The molecule has 0 radical (unpaired) electrons. The molecule has 0 saturated heterocycles. The highest BCUT2D eigenvalue weighted by Crippen LogP contribution is 1.99. The molecular weight excluding hydrogens is 202 g/mol. The Labute approximate surface area is 95.4 Å². The lowest BCUT2D eigenvalue weighted by atomic mass is 10.2. The van der Waals surface area contributed by atoms with Crippen molar-refractivity contribution >= 4 is 12.2 Å². The van der Waals surface area contributed by atoms with Crippen molar-refractivity contribution in [3.05, 3.63) is 54.6 Å². The van der Waals surface area contributed by atoms with Crippen molar-refractivity contribution < 1.29 is 9.53 Å². The van der Waals surface area contributed by atoms with E-state index in [1.165, 1.54) is 6.08 Å². The first kappa shape index (κ1) is 12.0. The third-order valence-electron chi connectivity index (χ3n) is 1.81. The number of nitrogens with one attached hydrogen (secondary N) is 1. The minimum Gasteiger partial charge on any atom is -0.445 e. The van der Waals surface area contributed by atoms with Gasteiger partial charge in [-0.05, 0) is 5.56 Å². The number of hydrogen-bond acceptors (Lipinski definition) is 2. The van der Waals surface area contributed by atoms with Crippen LogP contribution in [0, 0.1) is 0 Å². The van der Waals surface area contributed by atoms with Crippen molar-refractivity contribution in [3.63, 3.8) is 0 Å². The molecule has 1 amide bonds. The van der Waals surface area contributed by atoms with E-state index in [4.69, 9.17) is 4.74 Å². The lowest BCUT2D eigenvalue weighted by Crippen LogP contribution is -2.24. The Morgan fingerprint density at radius 3 is 2.81 bits per heavy atom. The van der Waals surface area contributed by atoms with E-state index in [1.807, 2.05) is 42.5 Å². The Kier molecular flexibility index (Phi) is 5.48. The second-order valence-electron chi connectivity index (χ2n) is 3.08. The fourth-order valence-corrected chi connectivity index (χ4v) is 1.09. The normalized spacial score (nSPS) is 10.0. The Morgan fingerprint density at radius 2 is 2.12 bits per heavy atom. The number of rotatable bonds is 5. The van der Waals surface area contributed by atoms with E-state index in [-0.39, 0.29) is 6.61 Å². The summed E-state index contributed by atoms with van der Waals surface area (Å²) in [6.07, 6.45) is 4.90. The van der Waals surface area contributed by atoms with Gasteiger partial charge in [0.15, 0.2) is 0 Å². The second-order valence-corrected chi connectivity index (χ2v) is 3.08. The fourth-order valence-electron chi connectivity index (χ4n) is 1.09. The van der Waals surface area contributed by atoms with Crippen LogP contribution in [-0.2, 0) is 4.74 Å². The lowest BCUT2D eigenvalue weighted by molar-refractivity contribution is 0.159. The number of benzene rings is 1. The minimum absolute atomic E-state index is 0.230. The van der Waals surface area contributed by atoms with Crippen LogP contribution in [0.15, 0.2) is 49.1 Å². The van der Waals surface area contributed by atoms with Crippen molar-refractivity contribution in [2.75, 3.05) is 13.2 Å². The zero-order valence-electron chi connectivity index (χ0n) is 9.06. The van der Waals surface area contributed by atoms with Crippen molar-refractivity contribution in [3.8, 4) is 0 Å². The average molecular weight is 217 g/mol.